The number of nitro groups is 1. The highest BCUT2D eigenvalue weighted by Gasteiger charge is 2.41. The zero-order chi connectivity index (χ0) is 21.8. The van der Waals surface area contributed by atoms with E-state index in [0.29, 0.717) is 19.1 Å². The molecule has 0 bridgehead atoms. The van der Waals surface area contributed by atoms with Gasteiger partial charge in [0.05, 0.1) is 12.2 Å². The summed E-state index contributed by atoms with van der Waals surface area (Å²) < 4.78 is 21.1. The van der Waals surface area contributed by atoms with E-state index in [1.807, 2.05) is 19.9 Å². The van der Waals surface area contributed by atoms with Gasteiger partial charge in [-0.25, -0.2) is 4.39 Å². The highest BCUT2D eigenvalue weighted by atomic mass is 19.1. The van der Waals surface area contributed by atoms with E-state index in [1.165, 1.54) is 23.9 Å². The summed E-state index contributed by atoms with van der Waals surface area (Å²) in [4.78, 5) is 21.5. The van der Waals surface area contributed by atoms with Gasteiger partial charge >= 0.3 is 11.8 Å². The maximum absolute atomic E-state index is 13.4. The quantitative estimate of drug-likeness (QED) is 0.472. The second kappa shape index (κ2) is 7.12. The molecule has 2 aliphatic rings. The molecule has 0 radical (unpaired) electrons. The monoisotopic (exact) mass is 423 g/mol. The van der Waals surface area contributed by atoms with Gasteiger partial charge in [0.1, 0.15) is 17.6 Å². The second-order valence-electron chi connectivity index (χ2n) is 8.54. The summed E-state index contributed by atoms with van der Waals surface area (Å²) >= 11 is 0. The molecule has 160 valence electrons. The van der Waals surface area contributed by atoms with Crippen LogP contribution in [0.4, 0.5) is 10.2 Å². The highest BCUT2D eigenvalue weighted by molar-refractivity contribution is 5.64. The Morgan fingerprint density at radius 1 is 1.29 bits per heavy atom. The Hall–Kier alpha value is -3.33. The lowest BCUT2D eigenvalue weighted by Crippen LogP contribution is -2.46. The van der Waals surface area contributed by atoms with Gasteiger partial charge in [0.15, 0.2) is 0 Å². The van der Waals surface area contributed by atoms with Gasteiger partial charge < -0.3 is 14.9 Å². The van der Waals surface area contributed by atoms with E-state index in [1.54, 1.807) is 10.6 Å². The molecule has 3 aromatic rings. The van der Waals surface area contributed by atoms with Crippen molar-refractivity contribution in [3.63, 3.8) is 0 Å². The molecule has 0 fully saturated rings. The molecular formula is C22H22FN5O3. The molecule has 2 aromatic heterocycles. The Bertz CT molecular complexity index is 1170. The van der Waals surface area contributed by atoms with Crippen LogP contribution in [0.25, 0.3) is 11.3 Å². The molecule has 5 rings (SSSR count). The van der Waals surface area contributed by atoms with Crippen LogP contribution in [0, 0.1) is 22.9 Å². The zero-order valence-electron chi connectivity index (χ0n) is 17.3. The first-order valence-electron chi connectivity index (χ1n) is 10.2. The van der Waals surface area contributed by atoms with Gasteiger partial charge in [0.25, 0.3) is 0 Å². The van der Waals surface area contributed by atoms with Crippen molar-refractivity contribution < 1.29 is 14.1 Å². The van der Waals surface area contributed by atoms with Crippen LogP contribution in [0.2, 0.25) is 0 Å². The van der Waals surface area contributed by atoms with E-state index in [2.05, 4.69) is 16.0 Å². The lowest BCUT2D eigenvalue weighted by atomic mass is 9.99. The molecule has 2 aliphatic heterocycles. The SMILES string of the molecule is Cc1cc(F)ccc1-c1ccc2c(n1)CCN(CC1(C)Cn3cc([N+](=O)[O-])nc3O1)C2. The minimum atomic E-state index is -0.512. The molecule has 0 amide bonds. The fourth-order valence-electron chi connectivity index (χ4n) is 4.51. The minimum absolute atomic E-state index is 0.192. The molecule has 0 saturated heterocycles. The Kier molecular flexibility index (Phi) is 4.51. The van der Waals surface area contributed by atoms with Crippen molar-refractivity contribution in [1.82, 2.24) is 19.4 Å². The van der Waals surface area contributed by atoms with Crippen LogP contribution in [0.3, 0.4) is 0 Å². The number of hydrogen-bond donors (Lipinski definition) is 0. The van der Waals surface area contributed by atoms with Crippen molar-refractivity contribution >= 4 is 5.82 Å². The number of aromatic nitrogens is 3. The van der Waals surface area contributed by atoms with Crippen LogP contribution in [0.1, 0.15) is 23.7 Å². The third kappa shape index (κ3) is 3.65. The van der Waals surface area contributed by atoms with E-state index in [0.717, 1.165) is 42.0 Å². The molecule has 1 unspecified atom stereocenters. The Morgan fingerprint density at radius 3 is 2.87 bits per heavy atom. The first kappa shape index (κ1) is 19.6. The number of fused-ring (bicyclic) bond motifs is 2. The summed E-state index contributed by atoms with van der Waals surface area (Å²) in [6.07, 6.45) is 2.24. The molecule has 0 saturated carbocycles. The molecule has 0 N–H and O–H groups in total. The highest BCUT2D eigenvalue weighted by Crippen LogP contribution is 2.33. The van der Waals surface area contributed by atoms with Crippen LogP contribution in [-0.2, 0) is 19.5 Å². The average Bonchev–Trinajstić information content (AvgIpc) is 3.23. The van der Waals surface area contributed by atoms with Gasteiger partial charge in [-0.15, -0.1) is 0 Å². The van der Waals surface area contributed by atoms with Crippen molar-refractivity contribution in [2.45, 2.75) is 39.0 Å². The summed E-state index contributed by atoms with van der Waals surface area (Å²) in [6, 6.07) is 9.16. The lowest BCUT2D eigenvalue weighted by molar-refractivity contribution is -0.389. The number of rotatable bonds is 4. The fraction of sp³-hybridized carbons (Fsp3) is 0.364. The van der Waals surface area contributed by atoms with Crippen LogP contribution in [0.15, 0.2) is 36.5 Å². The van der Waals surface area contributed by atoms with Crippen LogP contribution in [-0.4, -0.2) is 43.0 Å². The number of ether oxygens (including phenoxy) is 1. The van der Waals surface area contributed by atoms with E-state index in [9.17, 15) is 14.5 Å². The molecule has 0 aliphatic carbocycles. The molecule has 31 heavy (non-hydrogen) atoms. The number of nitrogens with zero attached hydrogens (tertiary/aromatic N) is 5. The van der Waals surface area contributed by atoms with E-state index in [-0.39, 0.29) is 11.6 Å². The molecule has 1 aromatic carbocycles. The Morgan fingerprint density at radius 2 is 2.13 bits per heavy atom. The summed E-state index contributed by atoms with van der Waals surface area (Å²) in [7, 11) is 0. The number of halogens is 1. The standard InChI is InChI=1S/C22H22FN5O3/c1-14-9-16(23)4-5-17(14)19-6-3-15-10-26(8-7-18(15)24-19)12-22(2)13-27-11-20(28(29)30)25-21(27)31-22/h3-6,9,11H,7-8,10,12-13H2,1-2H3. The van der Waals surface area contributed by atoms with Crippen molar-refractivity contribution in [2.24, 2.45) is 0 Å². The summed E-state index contributed by atoms with van der Waals surface area (Å²) in [5.74, 6) is -0.434. The number of aryl methyl sites for hydroxylation is 1. The van der Waals surface area contributed by atoms with E-state index >= 15 is 0 Å². The first-order valence-corrected chi connectivity index (χ1v) is 10.2. The van der Waals surface area contributed by atoms with Gasteiger partial charge in [-0.1, -0.05) is 6.07 Å². The van der Waals surface area contributed by atoms with Gasteiger partial charge in [-0.3, -0.25) is 14.5 Å². The van der Waals surface area contributed by atoms with Crippen LogP contribution >= 0.6 is 0 Å². The molecule has 1 atom stereocenters. The Balaban J connectivity index is 1.29. The summed E-state index contributed by atoms with van der Waals surface area (Å²) in [5.41, 5.74) is 4.43. The van der Waals surface area contributed by atoms with Crippen molar-refractivity contribution in [1.29, 1.82) is 0 Å². The van der Waals surface area contributed by atoms with Crippen LogP contribution in [0.5, 0.6) is 6.01 Å². The average molecular weight is 423 g/mol. The summed E-state index contributed by atoms with van der Waals surface area (Å²) in [5, 5.41) is 10.9. The minimum Gasteiger partial charge on any atom is -0.436 e. The summed E-state index contributed by atoms with van der Waals surface area (Å²) in [6.45, 7) is 6.69. The normalized spacial score (nSPS) is 20.2. The van der Waals surface area contributed by atoms with Crippen LogP contribution < -0.4 is 4.74 Å². The maximum Gasteiger partial charge on any atom is 0.415 e. The second-order valence-corrected chi connectivity index (χ2v) is 8.54. The predicted molar refractivity (Wildman–Crippen MR) is 111 cm³/mol. The number of pyridine rings is 1. The van der Waals surface area contributed by atoms with Crippen molar-refractivity contribution in [3.05, 3.63) is 69.3 Å². The van der Waals surface area contributed by atoms with Gasteiger partial charge in [0, 0.05) is 42.3 Å². The van der Waals surface area contributed by atoms with E-state index < -0.39 is 10.5 Å². The van der Waals surface area contributed by atoms with Gasteiger partial charge in [-0.05, 0) is 54.2 Å². The molecule has 4 heterocycles. The van der Waals surface area contributed by atoms with Gasteiger partial charge in [0.2, 0.25) is 0 Å². The molecule has 8 nitrogen and oxygen atoms in total. The third-order valence-corrected chi connectivity index (χ3v) is 5.91. The number of hydrogen-bond acceptors (Lipinski definition) is 6. The number of benzene rings is 1. The first-order chi connectivity index (χ1) is 14.8. The lowest BCUT2D eigenvalue weighted by Gasteiger charge is -2.34. The third-order valence-electron chi connectivity index (χ3n) is 5.91. The van der Waals surface area contributed by atoms with Gasteiger partial charge in [-0.2, -0.15) is 0 Å². The Labute approximate surface area is 178 Å². The molecule has 0 spiro atoms. The van der Waals surface area contributed by atoms with Crippen molar-refractivity contribution in [2.75, 3.05) is 13.1 Å². The molecule has 9 heteroatoms. The maximum atomic E-state index is 13.4. The largest absolute Gasteiger partial charge is 0.436 e. The predicted octanol–water partition coefficient (Wildman–Crippen LogP) is 3.51. The van der Waals surface area contributed by atoms with E-state index in [4.69, 9.17) is 9.72 Å². The molecular weight excluding hydrogens is 401 g/mol. The van der Waals surface area contributed by atoms with Crippen molar-refractivity contribution in [3.8, 4) is 17.3 Å². The number of imidazole rings is 1. The topological polar surface area (TPSA) is 86.3 Å². The fourth-order valence-corrected chi connectivity index (χ4v) is 4.51. The smallest absolute Gasteiger partial charge is 0.415 e. The zero-order valence-corrected chi connectivity index (χ0v) is 17.3.